The lowest BCUT2D eigenvalue weighted by molar-refractivity contribution is -0.137. The maximum absolute atomic E-state index is 11.7. The van der Waals surface area contributed by atoms with Gasteiger partial charge in [0.05, 0.1) is 18.3 Å². The highest BCUT2D eigenvalue weighted by Crippen LogP contribution is 2.24. The summed E-state index contributed by atoms with van der Waals surface area (Å²) >= 11 is 0. The van der Waals surface area contributed by atoms with E-state index in [2.05, 4.69) is 4.74 Å². The second-order valence-electron chi connectivity index (χ2n) is 3.90. The molecule has 0 saturated carbocycles. The standard InChI is InChI=1S/C13H16O5/c1-4-17-13(16)12(15)10-7-9(18-8(2)3)5-6-11(10)14/h5-8,14H,4H2,1-3H3. The number of hydrogen-bond donors (Lipinski definition) is 1. The van der Waals surface area contributed by atoms with Crippen molar-refractivity contribution in [2.75, 3.05) is 6.61 Å². The molecule has 5 nitrogen and oxygen atoms in total. The number of Topliss-reactive ketones (excluding diaryl/α,β-unsaturated/α-hetero) is 1. The Morgan fingerprint density at radius 3 is 2.56 bits per heavy atom. The molecule has 0 aliphatic carbocycles. The highest BCUT2D eigenvalue weighted by Gasteiger charge is 2.21. The molecular weight excluding hydrogens is 236 g/mol. The van der Waals surface area contributed by atoms with E-state index in [-0.39, 0.29) is 24.0 Å². The van der Waals surface area contributed by atoms with Gasteiger partial charge in [0.25, 0.3) is 5.78 Å². The summed E-state index contributed by atoms with van der Waals surface area (Å²) in [6, 6.07) is 4.16. The van der Waals surface area contributed by atoms with Crippen LogP contribution in [0.5, 0.6) is 11.5 Å². The summed E-state index contributed by atoms with van der Waals surface area (Å²) in [6.07, 6.45) is -0.0694. The van der Waals surface area contributed by atoms with Crippen molar-refractivity contribution in [2.24, 2.45) is 0 Å². The third-order valence-corrected chi connectivity index (χ3v) is 2.05. The third-order valence-electron chi connectivity index (χ3n) is 2.05. The van der Waals surface area contributed by atoms with Crippen molar-refractivity contribution in [3.63, 3.8) is 0 Å². The number of ketones is 1. The van der Waals surface area contributed by atoms with Gasteiger partial charge in [0.2, 0.25) is 0 Å². The van der Waals surface area contributed by atoms with Crippen LogP contribution in [-0.4, -0.2) is 29.6 Å². The second-order valence-corrected chi connectivity index (χ2v) is 3.90. The Kier molecular flexibility index (Phi) is 4.71. The van der Waals surface area contributed by atoms with Gasteiger partial charge in [-0.15, -0.1) is 0 Å². The van der Waals surface area contributed by atoms with E-state index in [1.54, 1.807) is 6.92 Å². The zero-order valence-electron chi connectivity index (χ0n) is 10.6. The van der Waals surface area contributed by atoms with Crippen LogP contribution in [0.1, 0.15) is 31.1 Å². The zero-order valence-corrected chi connectivity index (χ0v) is 10.6. The van der Waals surface area contributed by atoms with Crippen molar-refractivity contribution in [3.05, 3.63) is 23.8 Å². The first kappa shape index (κ1) is 14.0. The minimum atomic E-state index is -0.991. The van der Waals surface area contributed by atoms with Crippen molar-refractivity contribution in [3.8, 4) is 11.5 Å². The third kappa shape index (κ3) is 3.48. The molecule has 0 saturated heterocycles. The van der Waals surface area contributed by atoms with Gasteiger partial charge in [-0.1, -0.05) is 0 Å². The molecule has 0 fully saturated rings. The van der Waals surface area contributed by atoms with Crippen LogP contribution in [0.4, 0.5) is 0 Å². The van der Waals surface area contributed by atoms with Crippen LogP contribution in [0, 0.1) is 0 Å². The van der Waals surface area contributed by atoms with Gasteiger partial charge in [-0.2, -0.15) is 0 Å². The zero-order chi connectivity index (χ0) is 13.7. The average Bonchev–Trinajstić information content (AvgIpc) is 2.30. The van der Waals surface area contributed by atoms with Crippen LogP contribution in [0.2, 0.25) is 0 Å². The Hall–Kier alpha value is -2.04. The van der Waals surface area contributed by atoms with E-state index in [1.165, 1.54) is 18.2 Å². The van der Waals surface area contributed by atoms with Gasteiger partial charge in [-0.25, -0.2) is 4.79 Å². The van der Waals surface area contributed by atoms with E-state index < -0.39 is 11.8 Å². The molecule has 1 aromatic rings. The largest absolute Gasteiger partial charge is 0.507 e. The number of carbonyl (C=O) groups is 2. The molecule has 18 heavy (non-hydrogen) atoms. The van der Waals surface area contributed by atoms with Crippen molar-refractivity contribution in [1.82, 2.24) is 0 Å². The molecule has 0 amide bonds. The van der Waals surface area contributed by atoms with Gasteiger partial charge in [-0.05, 0) is 39.0 Å². The fourth-order valence-corrected chi connectivity index (χ4v) is 1.35. The molecule has 0 unspecified atom stereocenters. The monoisotopic (exact) mass is 252 g/mol. The number of phenolic OH excluding ortho intramolecular Hbond substituents is 1. The second kappa shape index (κ2) is 6.05. The average molecular weight is 252 g/mol. The molecule has 1 aromatic carbocycles. The number of ether oxygens (including phenoxy) is 2. The van der Waals surface area contributed by atoms with E-state index in [1.807, 2.05) is 13.8 Å². The summed E-state index contributed by atoms with van der Waals surface area (Å²) in [5, 5.41) is 9.57. The fraction of sp³-hybridized carbons (Fsp3) is 0.385. The number of aromatic hydroxyl groups is 1. The highest BCUT2D eigenvalue weighted by molar-refractivity contribution is 6.41. The van der Waals surface area contributed by atoms with Crippen LogP contribution in [0.3, 0.4) is 0 Å². The molecule has 0 aliphatic rings. The van der Waals surface area contributed by atoms with Crippen LogP contribution < -0.4 is 4.74 Å². The van der Waals surface area contributed by atoms with Crippen molar-refractivity contribution < 1.29 is 24.2 Å². The SMILES string of the molecule is CCOC(=O)C(=O)c1cc(OC(C)C)ccc1O. The topological polar surface area (TPSA) is 72.8 Å². The van der Waals surface area contributed by atoms with Gasteiger partial charge in [0, 0.05) is 0 Å². The number of hydrogen-bond acceptors (Lipinski definition) is 5. The molecule has 98 valence electrons. The first-order valence-corrected chi connectivity index (χ1v) is 5.66. The quantitative estimate of drug-likeness (QED) is 0.492. The summed E-state index contributed by atoms with van der Waals surface area (Å²) in [5.74, 6) is -1.74. The summed E-state index contributed by atoms with van der Waals surface area (Å²) in [6.45, 7) is 5.37. The number of benzene rings is 1. The van der Waals surface area contributed by atoms with Crippen LogP contribution in [-0.2, 0) is 9.53 Å². The van der Waals surface area contributed by atoms with E-state index in [4.69, 9.17) is 4.74 Å². The van der Waals surface area contributed by atoms with E-state index in [9.17, 15) is 14.7 Å². The van der Waals surface area contributed by atoms with Crippen LogP contribution in [0.15, 0.2) is 18.2 Å². The number of phenols is 1. The molecule has 1 rings (SSSR count). The number of carbonyl (C=O) groups excluding carboxylic acids is 2. The van der Waals surface area contributed by atoms with E-state index >= 15 is 0 Å². The fourth-order valence-electron chi connectivity index (χ4n) is 1.35. The lowest BCUT2D eigenvalue weighted by Gasteiger charge is -2.11. The Balaban J connectivity index is 3.00. The number of rotatable bonds is 5. The van der Waals surface area contributed by atoms with Gasteiger partial charge in [0.15, 0.2) is 0 Å². The van der Waals surface area contributed by atoms with Gasteiger partial charge >= 0.3 is 5.97 Å². The summed E-state index contributed by atoms with van der Waals surface area (Å²) in [7, 11) is 0. The van der Waals surface area contributed by atoms with Gasteiger partial charge < -0.3 is 14.6 Å². The Morgan fingerprint density at radius 2 is 2.00 bits per heavy atom. The molecule has 0 atom stereocenters. The van der Waals surface area contributed by atoms with Crippen LogP contribution in [0.25, 0.3) is 0 Å². The smallest absolute Gasteiger partial charge is 0.379 e. The lowest BCUT2D eigenvalue weighted by Crippen LogP contribution is -2.18. The van der Waals surface area contributed by atoms with Gasteiger partial charge in [-0.3, -0.25) is 4.79 Å². The van der Waals surface area contributed by atoms with Crippen LogP contribution >= 0.6 is 0 Å². The molecule has 0 aliphatic heterocycles. The molecule has 1 N–H and O–H groups in total. The summed E-state index contributed by atoms with van der Waals surface area (Å²) < 4.78 is 9.98. The molecule has 0 bridgehead atoms. The minimum absolute atomic E-state index is 0.0694. The Bertz CT molecular complexity index is 451. The van der Waals surface area contributed by atoms with Crippen molar-refractivity contribution in [1.29, 1.82) is 0 Å². The normalized spacial score (nSPS) is 10.2. The minimum Gasteiger partial charge on any atom is -0.507 e. The van der Waals surface area contributed by atoms with E-state index in [0.29, 0.717) is 5.75 Å². The Morgan fingerprint density at radius 1 is 1.33 bits per heavy atom. The van der Waals surface area contributed by atoms with Crippen molar-refractivity contribution >= 4 is 11.8 Å². The first-order valence-electron chi connectivity index (χ1n) is 5.66. The maximum atomic E-state index is 11.7. The van der Waals surface area contributed by atoms with Crippen molar-refractivity contribution in [2.45, 2.75) is 26.9 Å². The molecule has 0 heterocycles. The molecule has 0 aromatic heterocycles. The Labute approximate surface area is 105 Å². The lowest BCUT2D eigenvalue weighted by atomic mass is 10.1. The molecule has 0 spiro atoms. The number of esters is 1. The predicted molar refractivity (Wildman–Crippen MR) is 64.8 cm³/mol. The van der Waals surface area contributed by atoms with E-state index in [0.717, 1.165) is 0 Å². The first-order chi connectivity index (χ1) is 8.45. The molecule has 5 heteroatoms. The predicted octanol–water partition coefficient (Wildman–Crippen LogP) is 1.93. The summed E-state index contributed by atoms with van der Waals surface area (Å²) in [5.41, 5.74) is -0.119. The summed E-state index contributed by atoms with van der Waals surface area (Å²) in [4.78, 5) is 23.0. The van der Waals surface area contributed by atoms with Gasteiger partial charge in [0.1, 0.15) is 11.5 Å². The molecular formula is C13H16O5. The highest BCUT2D eigenvalue weighted by atomic mass is 16.5. The molecule has 0 radical (unpaired) electrons. The maximum Gasteiger partial charge on any atom is 0.379 e.